The molecule has 1 aliphatic rings. The van der Waals surface area contributed by atoms with E-state index >= 15 is 0 Å². The van der Waals surface area contributed by atoms with E-state index in [0.717, 1.165) is 24.3 Å². The van der Waals surface area contributed by atoms with Crippen LogP contribution < -0.4 is 4.74 Å². The molecule has 0 saturated heterocycles. The van der Waals surface area contributed by atoms with Gasteiger partial charge in [-0.05, 0) is 49.9 Å². The number of hydrogen-bond donors (Lipinski definition) is 0. The van der Waals surface area contributed by atoms with Gasteiger partial charge < -0.3 is 4.74 Å². The number of hydrogen-bond acceptors (Lipinski definition) is 2. The summed E-state index contributed by atoms with van der Waals surface area (Å²) in [5.74, 6) is 0.541. The molecule has 1 saturated carbocycles. The van der Waals surface area contributed by atoms with Crippen molar-refractivity contribution in [2.75, 3.05) is 0 Å². The predicted molar refractivity (Wildman–Crippen MR) is 66.4 cm³/mol. The zero-order chi connectivity index (χ0) is 12.4. The third-order valence-corrected chi connectivity index (χ3v) is 3.26. The minimum atomic E-state index is -0.242. The molecule has 0 radical (unpaired) electrons. The van der Waals surface area contributed by atoms with Crippen molar-refractivity contribution in [1.29, 1.82) is 0 Å². The van der Waals surface area contributed by atoms with Crippen molar-refractivity contribution in [2.24, 2.45) is 0 Å². The van der Waals surface area contributed by atoms with Crippen molar-refractivity contribution < 1.29 is 9.13 Å². The lowest BCUT2D eigenvalue weighted by Crippen LogP contribution is -2.10. The summed E-state index contributed by atoms with van der Waals surface area (Å²) in [7, 11) is 0. The molecular formula is C14H15FN2O. The lowest BCUT2D eigenvalue weighted by atomic mass is 10.3. The van der Waals surface area contributed by atoms with Gasteiger partial charge in [-0.1, -0.05) is 0 Å². The molecule has 1 fully saturated rings. The van der Waals surface area contributed by atoms with E-state index in [1.807, 2.05) is 6.20 Å². The largest absolute Gasteiger partial charge is 0.487 e. The van der Waals surface area contributed by atoms with Crippen LogP contribution in [-0.2, 0) is 0 Å². The zero-order valence-electron chi connectivity index (χ0n) is 10.1. The van der Waals surface area contributed by atoms with Crippen LogP contribution in [0.15, 0.2) is 36.7 Å². The Morgan fingerprint density at radius 1 is 1.17 bits per heavy atom. The van der Waals surface area contributed by atoms with Gasteiger partial charge in [-0.15, -0.1) is 0 Å². The molecule has 1 aromatic heterocycles. The predicted octanol–water partition coefficient (Wildman–Crippen LogP) is 3.33. The number of benzene rings is 1. The summed E-state index contributed by atoms with van der Waals surface area (Å²) in [6, 6.07) is 6.24. The van der Waals surface area contributed by atoms with Crippen LogP contribution >= 0.6 is 0 Å². The van der Waals surface area contributed by atoms with Crippen LogP contribution in [0.5, 0.6) is 5.75 Å². The van der Waals surface area contributed by atoms with Gasteiger partial charge in [-0.2, -0.15) is 5.10 Å². The molecule has 0 amide bonds. The third-order valence-electron chi connectivity index (χ3n) is 3.26. The second-order valence-corrected chi connectivity index (χ2v) is 4.62. The number of halogens is 1. The monoisotopic (exact) mass is 246 g/mol. The number of rotatable bonds is 3. The van der Waals surface area contributed by atoms with Gasteiger partial charge in [-0.3, -0.25) is 0 Å². The Bertz CT molecular complexity index is 515. The van der Waals surface area contributed by atoms with Crippen LogP contribution in [0, 0.1) is 5.82 Å². The Morgan fingerprint density at radius 3 is 2.61 bits per heavy atom. The maximum absolute atomic E-state index is 12.8. The van der Waals surface area contributed by atoms with E-state index in [2.05, 4.69) is 5.10 Å². The average Bonchev–Trinajstić information content (AvgIpc) is 3.02. The van der Waals surface area contributed by atoms with Crippen LogP contribution in [0.1, 0.15) is 25.7 Å². The van der Waals surface area contributed by atoms with Crippen molar-refractivity contribution in [3.05, 3.63) is 42.5 Å². The van der Waals surface area contributed by atoms with Gasteiger partial charge in [0.25, 0.3) is 0 Å². The van der Waals surface area contributed by atoms with Crippen LogP contribution in [-0.4, -0.2) is 15.9 Å². The Balaban J connectivity index is 1.74. The molecule has 2 aromatic rings. The van der Waals surface area contributed by atoms with Crippen molar-refractivity contribution in [3.8, 4) is 11.4 Å². The Hall–Kier alpha value is -1.84. The van der Waals surface area contributed by atoms with Gasteiger partial charge >= 0.3 is 0 Å². The molecule has 94 valence electrons. The molecule has 3 nitrogen and oxygen atoms in total. The highest BCUT2D eigenvalue weighted by Gasteiger charge is 2.17. The first-order valence-electron chi connectivity index (χ1n) is 6.28. The summed E-state index contributed by atoms with van der Waals surface area (Å²) in [6.45, 7) is 0. The Morgan fingerprint density at radius 2 is 1.89 bits per heavy atom. The minimum absolute atomic E-state index is 0.242. The van der Waals surface area contributed by atoms with Gasteiger partial charge in [0.05, 0.1) is 24.2 Å². The minimum Gasteiger partial charge on any atom is -0.487 e. The first-order chi connectivity index (χ1) is 8.81. The van der Waals surface area contributed by atoms with E-state index in [0.29, 0.717) is 6.10 Å². The number of ether oxygens (including phenoxy) is 1. The fraction of sp³-hybridized carbons (Fsp3) is 0.357. The second kappa shape index (κ2) is 4.80. The van der Waals surface area contributed by atoms with Crippen molar-refractivity contribution in [3.63, 3.8) is 0 Å². The molecule has 1 aliphatic carbocycles. The summed E-state index contributed by atoms with van der Waals surface area (Å²) < 4.78 is 20.4. The fourth-order valence-corrected chi connectivity index (χ4v) is 2.30. The maximum atomic E-state index is 12.8. The standard InChI is InChI=1S/C14H15FN2O/c15-11-5-7-12(8-6-11)17-10-14(9-16-17)18-13-3-1-2-4-13/h5-10,13H,1-4H2. The van der Waals surface area contributed by atoms with Crippen molar-refractivity contribution in [2.45, 2.75) is 31.8 Å². The molecule has 1 heterocycles. The van der Waals surface area contributed by atoms with Crippen LogP contribution in [0.4, 0.5) is 4.39 Å². The highest BCUT2D eigenvalue weighted by Crippen LogP contribution is 2.24. The summed E-state index contributed by atoms with van der Waals surface area (Å²) >= 11 is 0. The summed E-state index contributed by atoms with van der Waals surface area (Å²) in [6.07, 6.45) is 8.63. The van der Waals surface area contributed by atoms with Crippen LogP contribution in [0.25, 0.3) is 5.69 Å². The topological polar surface area (TPSA) is 27.1 Å². The fourth-order valence-electron chi connectivity index (χ4n) is 2.30. The first kappa shape index (κ1) is 11.3. The third kappa shape index (κ3) is 2.37. The highest BCUT2D eigenvalue weighted by molar-refractivity contribution is 5.32. The lowest BCUT2D eigenvalue weighted by molar-refractivity contribution is 0.210. The molecule has 18 heavy (non-hydrogen) atoms. The van der Waals surface area contributed by atoms with Crippen LogP contribution in [0.2, 0.25) is 0 Å². The molecule has 0 spiro atoms. The molecule has 0 aliphatic heterocycles. The van der Waals surface area contributed by atoms with E-state index in [-0.39, 0.29) is 5.82 Å². The van der Waals surface area contributed by atoms with Gasteiger partial charge in [0, 0.05) is 0 Å². The molecule has 0 atom stereocenters. The van der Waals surface area contributed by atoms with E-state index < -0.39 is 0 Å². The average molecular weight is 246 g/mol. The molecular weight excluding hydrogens is 231 g/mol. The Kier molecular flexibility index (Phi) is 3.00. The SMILES string of the molecule is Fc1ccc(-n2cc(OC3CCCC3)cn2)cc1. The van der Waals surface area contributed by atoms with E-state index in [9.17, 15) is 4.39 Å². The molecule has 3 rings (SSSR count). The van der Waals surface area contributed by atoms with Gasteiger partial charge in [-0.25, -0.2) is 9.07 Å². The van der Waals surface area contributed by atoms with Crippen molar-refractivity contribution >= 4 is 0 Å². The second-order valence-electron chi connectivity index (χ2n) is 4.62. The smallest absolute Gasteiger partial charge is 0.158 e. The highest BCUT2D eigenvalue weighted by atomic mass is 19.1. The number of nitrogens with zero attached hydrogens (tertiary/aromatic N) is 2. The molecule has 0 bridgehead atoms. The van der Waals surface area contributed by atoms with E-state index in [1.54, 1.807) is 23.0 Å². The van der Waals surface area contributed by atoms with Gasteiger partial charge in [0.1, 0.15) is 5.82 Å². The molecule has 0 unspecified atom stereocenters. The number of aromatic nitrogens is 2. The normalized spacial score (nSPS) is 16.1. The summed E-state index contributed by atoms with van der Waals surface area (Å²) in [5, 5.41) is 4.23. The van der Waals surface area contributed by atoms with Gasteiger partial charge in [0.15, 0.2) is 5.75 Å². The molecule has 4 heteroatoms. The van der Waals surface area contributed by atoms with Crippen molar-refractivity contribution in [1.82, 2.24) is 9.78 Å². The van der Waals surface area contributed by atoms with Crippen LogP contribution in [0.3, 0.4) is 0 Å². The Labute approximate surface area is 105 Å². The lowest BCUT2D eigenvalue weighted by Gasteiger charge is -2.09. The first-order valence-corrected chi connectivity index (χ1v) is 6.28. The van der Waals surface area contributed by atoms with E-state index in [4.69, 9.17) is 4.74 Å². The zero-order valence-corrected chi connectivity index (χ0v) is 10.1. The summed E-state index contributed by atoms with van der Waals surface area (Å²) in [4.78, 5) is 0. The van der Waals surface area contributed by atoms with E-state index in [1.165, 1.54) is 25.0 Å². The molecule has 1 aromatic carbocycles. The quantitative estimate of drug-likeness (QED) is 0.830. The maximum Gasteiger partial charge on any atom is 0.158 e. The molecule has 0 N–H and O–H groups in total. The summed E-state index contributed by atoms with van der Waals surface area (Å²) in [5.41, 5.74) is 0.831. The van der Waals surface area contributed by atoms with Gasteiger partial charge in [0.2, 0.25) is 0 Å².